The molecule has 0 aliphatic rings. The van der Waals surface area contributed by atoms with Crippen molar-refractivity contribution < 1.29 is 4.79 Å². The van der Waals surface area contributed by atoms with Crippen molar-refractivity contribution in [2.75, 3.05) is 0 Å². The van der Waals surface area contributed by atoms with Crippen LogP contribution in [0.15, 0.2) is 47.5 Å². The molecule has 0 bridgehead atoms. The molecule has 124 valence electrons. The maximum absolute atomic E-state index is 12.3. The van der Waals surface area contributed by atoms with Crippen molar-refractivity contribution in [2.24, 2.45) is 12.0 Å². The Morgan fingerprint density at radius 3 is 2.54 bits per heavy atom. The van der Waals surface area contributed by atoms with Gasteiger partial charge in [-0.05, 0) is 36.1 Å². The Bertz CT molecular complexity index is 946. The van der Waals surface area contributed by atoms with Crippen molar-refractivity contribution in [3.63, 3.8) is 0 Å². The molecule has 3 aromatic rings. The molecular weight excluding hydrogens is 316 g/mol. The molecule has 0 saturated carbocycles. The molecule has 0 radical (unpaired) electrons. The van der Waals surface area contributed by atoms with Crippen LogP contribution in [0.25, 0.3) is 10.2 Å². The molecule has 2 aromatic carbocycles. The number of hydrogen-bond donors (Lipinski definition) is 0. The van der Waals surface area contributed by atoms with Crippen LogP contribution in [0.1, 0.15) is 36.5 Å². The van der Waals surface area contributed by atoms with Crippen LogP contribution in [-0.4, -0.2) is 10.5 Å². The summed E-state index contributed by atoms with van der Waals surface area (Å²) in [6, 6.07) is 14.5. The lowest BCUT2D eigenvalue weighted by atomic mass is 10.0. The molecule has 0 fully saturated rings. The number of carbonyl (C=O) groups excluding carboxylic acids is 1. The largest absolute Gasteiger partial charge is 0.319 e. The highest BCUT2D eigenvalue weighted by Crippen LogP contribution is 2.23. The molecule has 1 aromatic heterocycles. The van der Waals surface area contributed by atoms with Crippen LogP contribution in [-0.2, 0) is 18.3 Å². The van der Waals surface area contributed by atoms with E-state index in [2.05, 4.69) is 37.0 Å². The maximum atomic E-state index is 12.3. The van der Waals surface area contributed by atoms with Gasteiger partial charge in [0.25, 0.3) is 5.91 Å². The minimum absolute atomic E-state index is 0.106. The predicted octanol–water partition coefficient (Wildman–Crippen LogP) is 4.34. The zero-order valence-electron chi connectivity index (χ0n) is 14.5. The molecule has 4 heteroatoms. The van der Waals surface area contributed by atoms with Gasteiger partial charge in [-0.1, -0.05) is 61.1 Å². The first-order chi connectivity index (χ1) is 11.4. The summed E-state index contributed by atoms with van der Waals surface area (Å²) in [5, 5.41) is 0. The van der Waals surface area contributed by atoms with Crippen LogP contribution >= 0.6 is 11.3 Å². The Kier molecular flexibility index (Phi) is 4.67. The number of aromatic nitrogens is 1. The summed E-state index contributed by atoms with van der Waals surface area (Å²) in [6.07, 6.45) is 0.339. The topological polar surface area (TPSA) is 34.4 Å². The van der Waals surface area contributed by atoms with E-state index >= 15 is 0 Å². The fourth-order valence-electron chi connectivity index (χ4n) is 2.64. The van der Waals surface area contributed by atoms with Gasteiger partial charge in [0, 0.05) is 7.05 Å². The van der Waals surface area contributed by atoms with Gasteiger partial charge in [-0.2, -0.15) is 4.99 Å². The number of hydrogen-bond acceptors (Lipinski definition) is 2. The average molecular weight is 338 g/mol. The van der Waals surface area contributed by atoms with Gasteiger partial charge in [-0.25, -0.2) is 0 Å². The summed E-state index contributed by atoms with van der Waals surface area (Å²) in [4.78, 5) is 17.4. The Morgan fingerprint density at radius 1 is 1.17 bits per heavy atom. The van der Waals surface area contributed by atoms with Gasteiger partial charge >= 0.3 is 0 Å². The number of carbonyl (C=O) groups is 1. The molecule has 3 nitrogen and oxygen atoms in total. The van der Waals surface area contributed by atoms with Crippen molar-refractivity contribution >= 4 is 27.5 Å². The SMILES string of the molecule is Cc1ccc(CC(=O)N=c2sc3cc(C(C)C)ccc3n2C)cc1. The second-order valence-electron chi connectivity index (χ2n) is 6.49. The van der Waals surface area contributed by atoms with Gasteiger partial charge in [0.15, 0.2) is 4.80 Å². The highest BCUT2D eigenvalue weighted by Gasteiger charge is 2.08. The molecule has 0 unspecified atom stereocenters. The Hall–Kier alpha value is -2.20. The molecule has 24 heavy (non-hydrogen) atoms. The van der Waals surface area contributed by atoms with E-state index in [1.165, 1.54) is 15.8 Å². The summed E-state index contributed by atoms with van der Waals surface area (Å²) in [5.41, 5.74) is 4.62. The average Bonchev–Trinajstić information content (AvgIpc) is 2.85. The minimum atomic E-state index is -0.106. The van der Waals surface area contributed by atoms with Crippen molar-refractivity contribution in [3.8, 4) is 0 Å². The number of nitrogens with zero attached hydrogens (tertiary/aromatic N) is 2. The lowest BCUT2D eigenvalue weighted by molar-refractivity contribution is -0.117. The number of rotatable bonds is 3. The van der Waals surface area contributed by atoms with E-state index in [9.17, 15) is 4.79 Å². The third kappa shape index (κ3) is 3.49. The zero-order chi connectivity index (χ0) is 17.3. The smallest absolute Gasteiger partial charge is 0.252 e. The first kappa shape index (κ1) is 16.7. The molecule has 1 heterocycles. The molecule has 0 aliphatic heterocycles. The van der Waals surface area contributed by atoms with Crippen molar-refractivity contribution in [1.29, 1.82) is 0 Å². The van der Waals surface area contributed by atoms with E-state index in [1.807, 2.05) is 42.8 Å². The second-order valence-corrected chi connectivity index (χ2v) is 7.50. The van der Waals surface area contributed by atoms with E-state index in [1.54, 1.807) is 11.3 Å². The summed E-state index contributed by atoms with van der Waals surface area (Å²) >= 11 is 1.57. The highest BCUT2D eigenvalue weighted by molar-refractivity contribution is 7.16. The lowest BCUT2D eigenvalue weighted by Crippen LogP contribution is -2.14. The normalized spacial score (nSPS) is 12.3. The van der Waals surface area contributed by atoms with E-state index in [4.69, 9.17) is 0 Å². The number of thiazole rings is 1. The number of fused-ring (bicyclic) bond motifs is 1. The quantitative estimate of drug-likeness (QED) is 0.699. The van der Waals surface area contributed by atoms with Crippen LogP contribution in [0.3, 0.4) is 0 Å². The summed E-state index contributed by atoms with van der Waals surface area (Å²) < 4.78 is 3.17. The predicted molar refractivity (Wildman–Crippen MR) is 100 cm³/mol. The van der Waals surface area contributed by atoms with Gasteiger partial charge in [-0.3, -0.25) is 4.79 Å². The molecular formula is C20H22N2OS. The highest BCUT2D eigenvalue weighted by atomic mass is 32.1. The first-order valence-corrected chi connectivity index (χ1v) is 8.98. The van der Waals surface area contributed by atoms with Crippen LogP contribution in [0.5, 0.6) is 0 Å². The Morgan fingerprint density at radius 2 is 1.88 bits per heavy atom. The van der Waals surface area contributed by atoms with Gasteiger partial charge in [0.1, 0.15) is 0 Å². The zero-order valence-corrected chi connectivity index (χ0v) is 15.4. The summed E-state index contributed by atoms with van der Waals surface area (Å²) in [7, 11) is 1.96. The number of aryl methyl sites for hydroxylation is 2. The van der Waals surface area contributed by atoms with Gasteiger partial charge in [0.2, 0.25) is 0 Å². The third-order valence-corrected chi connectivity index (χ3v) is 5.29. The fourth-order valence-corrected chi connectivity index (χ4v) is 3.73. The number of amides is 1. The molecule has 0 N–H and O–H groups in total. The first-order valence-electron chi connectivity index (χ1n) is 8.16. The minimum Gasteiger partial charge on any atom is -0.319 e. The van der Waals surface area contributed by atoms with E-state index in [0.717, 1.165) is 15.9 Å². The van der Waals surface area contributed by atoms with Crippen molar-refractivity contribution in [3.05, 3.63) is 64.0 Å². The Balaban J connectivity index is 1.92. The molecule has 1 amide bonds. The fraction of sp³-hybridized carbons (Fsp3) is 0.300. The molecule has 0 atom stereocenters. The van der Waals surface area contributed by atoms with Crippen LogP contribution in [0.4, 0.5) is 0 Å². The summed E-state index contributed by atoms with van der Waals surface area (Å²) in [6.45, 7) is 6.41. The maximum Gasteiger partial charge on any atom is 0.252 e. The van der Waals surface area contributed by atoms with Crippen LogP contribution in [0, 0.1) is 6.92 Å². The standard InChI is InChI=1S/C20H22N2OS/c1-13(2)16-9-10-17-18(12-16)24-20(22(17)4)21-19(23)11-15-7-5-14(3)6-8-15/h5-10,12-13H,11H2,1-4H3. The molecule has 3 rings (SSSR count). The monoisotopic (exact) mass is 338 g/mol. The summed E-state index contributed by atoms with van der Waals surface area (Å²) in [5.74, 6) is 0.385. The van der Waals surface area contributed by atoms with Gasteiger partial charge < -0.3 is 4.57 Å². The van der Waals surface area contributed by atoms with Crippen LogP contribution in [0.2, 0.25) is 0 Å². The Labute approximate surface area is 146 Å². The third-order valence-electron chi connectivity index (χ3n) is 4.20. The molecule has 0 saturated heterocycles. The molecule has 0 spiro atoms. The molecule has 0 aliphatic carbocycles. The number of benzene rings is 2. The van der Waals surface area contributed by atoms with Gasteiger partial charge in [-0.15, -0.1) is 0 Å². The van der Waals surface area contributed by atoms with E-state index in [-0.39, 0.29) is 5.91 Å². The lowest BCUT2D eigenvalue weighted by Gasteiger charge is -2.04. The van der Waals surface area contributed by atoms with E-state index < -0.39 is 0 Å². The van der Waals surface area contributed by atoms with Crippen molar-refractivity contribution in [2.45, 2.75) is 33.1 Å². The van der Waals surface area contributed by atoms with Crippen molar-refractivity contribution in [1.82, 2.24) is 4.57 Å². The second kappa shape index (κ2) is 6.73. The van der Waals surface area contributed by atoms with E-state index in [0.29, 0.717) is 12.3 Å². The van der Waals surface area contributed by atoms with Crippen LogP contribution < -0.4 is 4.80 Å². The van der Waals surface area contributed by atoms with Gasteiger partial charge in [0.05, 0.1) is 16.6 Å².